The molecule has 6 rings (SSSR count). The number of hydrogen-bond donors (Lipinski definition) is 0. The van der Waals surface area contributed by atoms with Crippen molar-refractivity contribution >= 4 is 33.8 Å². The van der Waals surface area contributed by atoms with E-state index in [0.717, 1.165) is 17.8 Å². The number of fused-ring (bicyclic) bond motifs is 4. The zero-order chi connectivity index (χ0) is 27.7. The predicted molar refractivity (Wildman–Crippen MR) is 167 cm³/mol. The normalized spacial score (nSPS) is 41.2. The summed E-state index contributed by atoms with van der Waals surface area (Å²) in [5.41, 5.74) is 0. The molecule has 39 heavy (non-hydrogen) atoms. The molecule has 9 heteroatoms. The van der Waals surface area contributed by atoms with Crippen LogP contribution in [0.5, 0.6) is 0 Å². The van der Waals surface area contributed by atoms with Crippen LogP contribution in [0.15, 0.2) is 0 Å². The van der Waals surface area contributed by atoms with Gasteiger partial charge in [-0.25, -0.2) is 0 Å². The van der Waals surface area contributed by atoms with Gasteiger partial charge in [-0.3, -0.25) is 0 Å². The lowest BCUT2D eigenvalue weighted by molar-refractivity contribution is 0.243. The van der Waals surface area contributed by atoms with E-state index in [1.165, 1.54) is 95.6 Å². The molecule has 224 valence electrons. The van der Waals surface area contributed by atoms with Crippen LogP contribution in [0, 0.1) is 17.8 Å². The lowest BCUT2D eigenvalue weighted by atomic mass is 9.88. The van der Waals surface area contributed by atoms with Gasteiger partial charge in [0.25, 0.3) is 0 Å². The number of epoxide rings is 2. The zero-order valence-electron chi connectivity index (χ0n) is 26.2. The minimum absolute atomic E-state index is 0.446. The Hall–Kier alpha value is 0.668. The molecule has 2 aliphatic heterocycles. The minimum atomic E-state index is -2.82. The first-order valence-corrected chi connectivity index (χ1v) is 28.0. The van der Waals surface area contributed by atoms with Crippen LogP contribution >= 0.6 is 0 Å². The smallest absolute Gasteiger partial charge is 0.417 e. The second-order valence-corrected chi connectivity index (χ2v) is 32.8. The van der Waals surface area contributed by atoms with Crippen LogP contribution in [0.4, 0.5) is 0 Å². The molecule has 2 saturated heterocycles. The highest BCUT2D eigenvalue weighted by Crippen LogP contribution is 2.65. The molecule has 0 aromatic rings. The van der Waals surface area contributed by atoms with Gasteiger partial charge in [0.15, 0.2) is 25.0 Å². The molecule has 4 saturated carbocycles. The van der Waals surface area contributed by atoms with Crippen molar-refractivity contribution in [1.82, 2.24) is 0 Å². The molecule has 0 spiro atoms. The highest BCUT2D eigenvalue weighted by molar-refractivity contribution is 6.91. The fraction of sp³-hybridized carbons (Fsp3) is 1.00. The molecule has 0 aromatic carbocycles. The Bertz CT molecular complexity index is 843. The third kappa shape index (κ3) is 6.92. The summed E-state index contributed by atoms with van der Waals surface area (Å²) in [5, 5.41) is 0.446. The molecule has 6 atom stereocenters. The van der Waals surface area contributed by atoms with E-state index in [-0.39, 0.29) is 0 Å². The maximum atomic E-state index is 7.50. The highest BCUT2D eigenvalue weighted by Gasteiger charge is 2.60. The lowest BCUT2D eigenvalue weighted by Crippen LogP contribution is -2.62. The van der Waals surface area contributed by atoms with Gasteiger partial charge in [0, 0.05) is 6.55 Å². The van der Waals surface area contributed by atoms with Gasteiger partial charge in [-0.15, -0.1) is 0 Å². The van der Waals surface area contributed by atoms with Crippen LogP contribution in [0.2, 0.25) is 63.0 Å². The summed E-state index contributed by atoms with van der Waals surface area (Å²) >= 11 is 0. The summed E-state index contributed by atoms with van der Waals surface area (Å²) in [4.78, 5) is 0. The Kier molecular flexibility index (Phi) is 8.14. The zero-order valence-corrected chi connectivity index (χ0v) is 30.2. The standard InChI is InChI=1S/C30H58O5Si4/c1-36(2,18-14-23-8-10-26-28(20-23)31-26)33-39(7,35-38(5,6)30-16-12-25(22-30)13-17-30)34-37(3,4)19-15-24-9-11-27-29(21-24)32-27/h23-29H,8-22H2,1-7H3. The molecule has 6 unspecified atom stereocenters. The summed E-state index contributed by atoms with van der Waals surface area (Å²) in [6, 6.07) is 2.43. The maximum absolute atomic E-state index is 7.50. The number of rotatable bonds is 13. The van der Waals surface area contributed by atoms with E-state index in [1.807, 2.05) is 0 Å². The van der Waals surface area contributed by atoms with E-state index in [2.05, 4.69) is 45.8 Å². The van der Waals surface area contributed by atoms with E-state index in [4.69, 9.17) is 21.8 Å². The van der Waals surface area contributed by atoms with Crippen LogP contribution < -0.4 is 0 Å². The SMILES string of the molecule is C[Si](C)(CCC1CCC2OC2C1)O[Si](C)(O[Si](C)(C)CCC1CCC2OC2C1)O[Si](C)(C)C12CCC(CC1)C2. The molecule has 5 nitrogen and oxygen atoms in total. The van der Waals surface area contributed by atoms with Crippen molar-refractivity contribution < 1.29 is 21.8 Å². The molecule has 0 N–H and O–H groups in total. The molecule has 0 amide bonds. The molecule has 6 aliphatic rings. The summed E-state index contributed by atoms with van der Waals surface area (Å²) in [7, 11) is -8.73. The third-order valence-electron chi connectivity index (χ3n) is 11.9. The van der Waals surface area contributed by atoms with Gasteiger partial charge < -0.3 is 21.8 Å². The van der Waals surface area contributed by atoms with Crippen molar-refractivity contribution in [3.8, 4) is 0 Å². The van der Waals surface area contributed by atoms with Crippen molar-refractivity contribution in [2.24, 2.45) is 17.8 Å². The number of hydrogen-bond acceptors (Lipinski definition) is 5. The first-order chi connectivity index (χ1) is 18.2. The second-order valence-electron chi connectivity index (χ2n) is 16.5. The first kappa shape index (κ1) is 29.7. The average molecular weight is 611 g/mol. The van der Waals surface area contributed by atoms with Gasteiger partial charge in [0.05, 0.1) is 24.4 Å². The second kappa shape index (κ2) is 10.7. The first-order valence-electron chi connectivity index (χ1n) is 16.7. The topological polar surface area (TPSA) is 52.8 Å². The van der Waals surface area contributed by atoms with E-state index in [9.17, 15) is 0 Å². The fourth-order valence-electron chi connectivity index (χ4n) is 9.38. The minimum Gasteiger partial charge on any atom is -0.417 e. The van der Waals surface area contributed by atoms with Crippen molar-refractivity contribution in [2.45, 2.75) is 171 Å². The molecular weight excluding hydrogens is 553 g/mol. The molecule has 6 fully saturated rings. The van der Waals surface area contributed by atoms with E-state index < -0.39 is 33.8 Å². The average Bonchev–Trinajstić information content (AvgIpc) is 3.71. The van der Waals surface area contributed by atoms with E-state index in [0.29, 0.717) is 29.5 Å². The van der Waals surface area contributed by atoms with Crippen molar-refractivity contribution in [3.63, 3.8) is 0 Å². The van der Waals surface area contributed by atoms with Gasteiger partial charge in [0.2, 0.25) is 0 Å². The van der Waals surface area contributed by atoms with Crippen LogP contribution in [-0.4, -0.2) is 58.2 Å². The monoisotopic (exact) mass is 610 g/mol. The predicted octanol–water partition coefficient (Wildman–Crippen LogP) is 8.47. The van der Waals surface area contributed by atoms with Gasteiger partial charge in [-0.1, -0.05) is 25.7 Å². The Morgan fingerprint density at radius 2 is 1.10 bits per heavy atom. The summed E-state index contributed by atoms with van der Waals surface area (Å²) < 4.78 is 33.9. The van der Waals surface area contributed by atoms with Gasteiger partial charge >= 0.3 is 8.80 Å². The van der Waals surface area contributed by atoms with Crippen LogP contribution in [-0.2, 0) is 21.8 Å². The Morgan fingerprint density at radius 1 is 0.615 bits per heavy atom. The van der Waals surface area contributed by atoms with Crippen LogP contribution in [0.25, 0.3) is 0 Å². The van der Waals surface area contributed by atoms with Gasteiger partial charge in [-0.05, 0) is 132 Å². The molecule has 4 aliphatic carbocycles. The van der Waals surface area contributed by atoms with Crippen LogP contribution in [0.3, 0.4) is 0 Å². The van der Waals surface area contributed by atoms with Crippen molar-refractivity contribution in [3.05, 3.63) is 0 Å². The molecule has 2 heterocycles. The van der Waals surface area contributed by atoms with Crippen molar-refractivity contribution in [1.29, 1.82) is 0 Å². The largest absolute Gasteiger partial charge is 0.466 e. The summed E-state index contributed by atoms with van der Waals surface area (Å²) in [6.45, 7) is 17.1. The van der Waals surface area contributed by atoms with Gasteiger partial charge in [-0.2, -0.15) is 0 Å². The summed E-state index contributed by atoms with van der Waals surface area (Å²) in [6.07, 6.45) is 19.7. The van der Waals surface area contributed by atoms with Crippen LogP contribution in [0.1, 0.15) is 83.5 Å². The van der Waals surface area contributed by atoms with E-state index in [1.54, 1.807) is 0 Å². The molecule has 0 radical (unpaired) electrons. The molecule has 0 aromatic heterocycles. The highest BCUT2D eigenvalue weighted by atomic mass is 28.5. The maximum Gasteiger partial charge on any atom is 0.466 e. The fourth-order valence-corrected chi connectivity index (χ4v) is 28.9. The Labute approximate surface area is 243 Å². The Morgan fingerprint density at radius 3 is 1.51 bits per heavy atom. The van der Waals surface area contributed by atoms with Crippen molar-refractivity contribution in [2.75, 3.05) is 0 Å². The third-order valence-corrected chi connectivity index (χ3v) is 29.1. The quantitative estimate of drug-likeness (QED) is 0.155. The van der Waals surface area contributed by atoms with E-state index >= 15 is 0 Å². The number of ether oxygens (including phenoxy) is 2. The lowest BCUT2D eigenvalue weighted by Gasteiger charge is -2.48. The van der Waals surface area contributed by atoms with Gasteiger partial charge in [0.1, 0.15) is 0 Å². The summed E-state index contributed by atoms with van der Waals surface area (Å²) in [5.74, 6) is 2.57. The molecule has 2 bridgehead atoms. The molecular formula is C30H58O5Si4. The Balaban J connectivity index is 1.12.